The normalized spacial score (nSPS) is 26.9. The quantitative estimate of drug-likeness (QED) is 0.913. The molecule has 0 aromatic heterocycles. The SMILES string of the molecule is CC(C)C1C(=O)NC(c2ccccc2)C(=O)N1C1CC1. The molecule has 2 atom stereocenters. The highest BCUT2D eigenvalue weighted by atomic mass is 16.2. The van der Waals surface area contributed by atoms with Gasteiger partial charge in [0.25, 0.3) is 5.91 Å². The van der Waals surface area contributed by atoms with E-state index in [2.05, 4.69) is 5.32 Å². The molecule has 1 saturated carbocycles. The van der Waals surface area contributed by atoms with Gasteiger partial charge in [0.1, 0.15) is 12.1 Å². The number of hydrogen-bond acceptors (Lipinski definition) is 2. The third kappa shape index (κ3) is 2.19. The van der Waals surface area contributed by atoms with E-state index in [0.717, 1.165) is 18.4 Å². The number of rotatable bonds is 3. The summed E-state index contributed by atoms with van der Waals surface area (Å²) in [5, 5.41) is 2.90. The lowest BCUT2D eigenvalue weighted by molar-refractivity contribution is -0.152. The Kier molecular flexibility index (Phi) is 3.24. The average Bonchev–Trinajstić information content (AvgIpc) is 3.25. The van der Waals surface area contributed by atoms with E-state index in [-0.39, 0.29) is 29.8 Å². The molecule has 2 unspecified atom stereocenters. The van der Waals surface area contributed by atoms with Crippen molar-refractivity contribution in [1.29, 1.82) is 0 Å². The first-order valence-electron chi connectivity index (χ1n) is 7.27. The van der Waals surface area contributed by atoms with E-state index in [4.69, 9.17) is 0 Å². The standard InChI is InChI=1S/C16H20N2O2/c1-10(2)14-15(19)17-13(11-6-4-3-5-7-11)16(20)18(14)12-8-9-12/h3-7,10,12-14H,8-9H2,1-2H3,(H,17,19). The van der Waals surface area contributed by atoms with Gasteiger partial charge in [0.2, 0.25) is 5.91 Å². The van der Waals surface area contributed by atoms with Crippen LogP contribution in [0.3, 0.4) is 0 Å². The van der Waals surface area contributed by atoms with Crippen LogP contribution in [0.25, 0.3) is 0 Å². The van der Waals surface area contributed by atoms with Gasteiger partial charge in [-0.3, -0.25) is 9.59 Å². The van der Waals surface area contributed by atoms with Gasteiger partial charge in [0, 0.05) is 6.04 Å². The molecule has 1 N–H and O–H groups in total. The van der Waals surface area contributed by atoms with E-state index in [0.29, 0.717) is 0 Å². The van der Waals surface area contributed by atoms with Gasteiger partial charge in [0.05, 0.1) is 0 Å². The molecule has 2 aliphatic rings. The molecule has 0 radical (unpaired) electrons. The largest absolute Gasteiger partial charge is 0.339 e. The second-order valence-electron chi connectivity index (χ2n) is 6.02. The average molecular weight is 272 g/mol. The van der Waals surface area contributed by atoms with Gasteiger partial charge in [-0.15, -0.1) is 0 Å². The first-order chi connectivity index (χ1) is 9.59. The fourth-order valence-electron chi connectivity index (χ4n) is 2.96. The molecule has 1 heterocycles. The molecule has 3 rings (SSSR count). The van der Waals surface area contributed by atoms with E-state index in [9.17, 15) is 9.59 Å². The number of carbonyl (C=O) groups is 2. The summed E-state index contributed by atoms with van der Waals surface area (Å²) < 4.78 is 0. The maximum Gasteiger partial charge on any atom is 0.250 e. The molecule has 1 aromatic carbocycles. The fourth-order valence-corrected chi connectivity index (χ4v) is 2.96. The Hall–Kier alpha value is -1.84. The van der Waals surface area contributed by atoms with Crippen LogP contribution in [0.1, 0.15) is 38.3 Å². The van der Waals surface area contributed by atoms with Crippen molar-refractivity contribution in [2.75, 3.05) is 0 Å². The zero-order chi connectivity index (χ0) is 14.3. The Morgan fingerprint density at radius 1 is 1.15 bits per heavy atom. The van der Waals surface area contributed by atoms with Crippen LogP contribution in [-0.2, 0) is 9.59 Å². The number of hydrogen-bond donors (Lipinski definition) is 1. The third-order valence-electron chi connectivity index (χ3n) is 4.06. The molecule has 20 heavy (non-hydrogen) atoms. The van der Waals surface area contributed by atoms with Gasteiger partial charge < -0.3 is 10.2 Å². The Balaban J connectivity index is 1.93. The van der Waals surface area contributed by atoms with Gasteiger partial charge >= 0.3 is 0 Å². The predicted octanol–water partition coefficient (Wildman–Crippen LogP) is 1.87. The van der Waals surface area contributed by atoms with Gasteiger partial charge in [-0.05, 0) is 24.3 Å². The summed E-state index contributed by atoms with van der Waals surface area (Å²) in [5.74, 6) is 0.147. The monoisotopic (exact) mass is 272 g/mol. The van der Waals surface area contributed by atoms with Crippen LogP contribution in [0.2, 0.25) is 0 Å². The summed E-state index contributed by atoms with van der Waals surface area (Å²) in [7, 11) is 0. The Labute approximate surface area is 119 Å². The van der Waals surface area contributed by atoms with E-state index < -0.39 is 6.04 Å². The predicted molar refractivity (Wildman–Crippen MR) is 75.8 cm³/mol. The molecular formula is C16H20N2O2. The second kappa shape index (κ2) is 4.93. The van der Waals surface area contributed by atoms with Gasteiger partial charge in [-0.1, -0.05) is 44.2 Å². The molecule has 0 bridgehead atoms. The Bertz CT molecular complexity index is 523. The van der Waals surface area contributed by atoms with Crippen molar-refractivity contribution in [3.8, 4) is 0 Å². The van der Waals surface area contributed by atoms with Crippen molar-refractivity contribution in [2.24, 2.45) is 5.92 Å². The minimum atomic E-state index is -0.528. The summed E-state index contributed by atoms with van der Waals surface area (Å²) in [5.41, 5.74) is 0.860. The van der Waals surface area contributed by atoms with Crippen LogP contribution < -0.4 is 5.32 Å². The van der Waals surface area contributed by atoms with Gasteiger partial charge in [0.15, 0.2) is 0 Å². The lowest BCUT2D eigenvalue weighted by Gasteiger charge is -2.41. The molecule has 106 valence electrons. The number of piperazine rings is 1. The van der Waals surface area contributed by atoms with Crippen LogP contribution in [0, 0.1) is 5.92 Å². The maximum atomic E-state index is 12.8. The molecule has 1 saturated heterocycles. The second-order valence-corrected chi connectivity index (χ2v) is 6.02. The molecule has 4 nitrogen and oxygen atoms in total. The van der Waals surface area contributed by atoms with Crippen molar-refractivity contribution in [3.63, 3.8) is 0 Å². The molecular weight excluding hydrogens is 252 g/mol. The summed E-state index contributed by atoms with van der Waals surface area (Å²) >= 11 is 0. The highest BCUT2D eigenvalue weighted by Crippen LogP contribution is 2.35. The zero-order valence-corrected chi connectivity index (χ0v) is 11.9. The molecule has 0 spiro atoms. The molecule has 1 aliphatic heterocycles. The van der Waals surface area contributed by atoms with Crippen molar-refractivity contribution in [1.82, 2.24) is 10.2 Å². The van der Waals surface area contributed by atoms with E-state index in [1.165, 1.54) is 0 Å². The highest BCUT2D eigenvalue weighted by Gasteiger charge is 2.48. The highest BCUT2D eigenvalue weighted by molar-refractivity contribution is 5.98. The first kappa shape index (κ1) is 13.2. The zero-order valence-electron chi connectivity index (χ0n) is 11.9. The van der Waals surface area contributed by atoms with Crippen LogP contribution in [0.5, 0.6) is 0 Å². The maximum absolute atomic E-state index is 12.8. The van der Waals surface area contributed by atoms with Crippen molar-refractivity contribution in [3.05, 3.63) is 35.9 Å². The Morgan fingerprint density at radius 2 is 1.80 bits per heavy atom. The fraction of sp³-hybridized carbons (Fsp3) is 0.500. The van der Waals surface area contributed by atoms with Crippen LogP contribution >= 0.6 is 0 Å². The van der Waals surface area contributed by atoms with Crippen molar-refractivity contribution < 1.29 is 9.59 Å². The van der Waals surface area contributed by atoms with E-state index in [1.54, 1.807) is 0 Å². The minimum Gasteiger partial charge on any atom is -0.339 e. The summed E-state index contributed by atoms with van der Waals surface area (Å²) in [6.07, 6.45) is 2.04. The minimum absolute atomic E-state index is 0.0275. The lowest BCUT2D eigenvalue weighted by atomic mass is 9.94. The van der Waals surface area contributed by atoms with Gasteiger partial charge in [-0.25, -0.2) is 0 Å². The number of nitrogens with one attached hydrogen (secondary N) is 1. The number of nitrogens with zero attached hydrogens (tertiary/aromatic N) is 1. The van der Waals surface area contributed by atoms with Crippen LogP contribution in [0.4, 0.5) is 0 Å². The van der Waals surface area contributed by atoms with E-state index in [1.807, 2.05) is 49.1 Å². The van der Waals surface area contributed by atoms with Crippen molar-refractivity contribution >= 4 is 11.8 Å². The molecule has 4 heteroatoms. The van der Waals surface area contributed by atoms with Crippen LogP contribution in [0.15, 0.2) is 30.3 Å². The molecule has 2 amide bonds. The number of carbonyl (C=O) groups excluding carboxylic acids is 2. The summed E-state index contributed by atoms with van der Waals surface area (Å²) in [4.78, 5) is 27.0. The number of benzene rings is 1. The topological polar surface area (TPSA) is 49.4 Å². The van der Waals surface area contributed by atoms with Crippen molar-refractivity contribution in [2.45, 2.75) is 44.8 Å². The van der Waals surface area contributed by atoms with Gasteiger partial charge in [-0.2, -0.15) is 0 Å². The Morgan fingerprint density at radius 3 is 2.35 bits per heavy atom. The van der Waals surface area contributed by atoms with Crippen LogP contribution in [-0.4, -0.2) is 28.8 Å². The molecule has 1 aliphatic carbocycles. The smallest absolute Gasteiger partial charge is 0.250 e. The number of amides is 2. The first-order valence-corrected chi connectivity index (χ1v) is 7.27. The molecule has 1 aromatic rings. The molecule has 2 fully saturated rings. The lowest BCUT2D eigenvalue weighted by Crippen LogP contribution is -2.62. The van der Waals surface area contributed by atoms with E-state index >= 15 is 0 Å². The summed E-state index contributed by atoms with van der Waals surface area (Å²) in [6, 6.07) is 8.89. The third-order valence-corrected chi connectivity index (χ3v) is 4.06. The summed E-state index contributed by atoms with van der Waals surface area (Å²) in [6.45, 7) is 3.99.